The Bertz CT molecular complexity index is 284. The molecule has 1 aromatic rings. The summed E-state index contributed by atoms with van der Waals surface area (Å²) in [4.78, 5) is 7.37. The molecule has 0 spiro atoms. The van der Waals surface area contributed by atoms with Gasteiger partial charge in [-0.15, -0.1) is 0 Å². The van der Waals surface area contributed by atoms with Crippen LogP contribution in [0.2, 0.25) is 0 Å². The normalized spacial score (nSPS) is 30.5. The molecule has 0 bridgehead atoms. The van der Waals surface area contributed by atoms with Crippen LogP contribution in [-0.2, 0) is 6.42 Å². The van der Waals surface area contributed by atoms with Crippen LogP contribution in [0.5, 0.6) is 0 Å². The van der Waals surface area contributed by atoms with Crippen LogP contribution in [0.3, 0.4) is 0 Å². The average Bonchev–Trinajstić information content (AvgIpc) is 2.69. The summed E-state index contributed by atoms with van der Waals surface area (Å²) in [6.45, 7) is 5.78. The van der Waals surface area contributed by atoms with E-state index in [9.17, 15) is 0 Å². The smallest absolute Gasteiger partial charge is 0.107 e. The monoisotopic (exact) mass is 221 g/mol. The Labute approximate surface area is 98.1 Å². The van der Waals surface area contributed by atoms with Gasteiger partial charge in [-0.05, 0) is 31.1 Å². The van der Waals surface area contributed by atoms with Crippen molar-refractivity contribution >= 4 is 0 Å². The third-order valence-corrected chi connectivity index (χ3v) is 3.53. The minimum absolute atomic E-state index is 0.716. The van der Waals surface area contributed by atoms with Gasteiger partial charge in [0.15, 0.2) is 0 Å². The molecule has 1 saturated carbocycles. The van der Waals surface area contributed by atoms with Crippen LogP contribution < -0.4 is 5.32 Å². The fourth-order valence-corrected chi connectivity index (χ4v) is 2.94. The number of hydrogen-bond donors (Lipinski definition) is 2. The first kappa shape index (κ1) is 11.6. The lowest BCUT2D eigenvalue weighted by Gasteiger charge is -2.32. The first-order valence-electron chi connectivity index (χ1n) is 6.45. The van der Waals surface area contributed by atoms with Crippen molar-refractivity contribution in [2.24, 2.45) is 11.8 Å². The Morgan fingerprint density at radius 2 is 2.06 bits per heavy atom. The second-order valence-corrected chi connectivity index (χ2v) is 5.35. The van der Waals surface area contributed by atoms with E-state index >= 15 is 0 Å². The van der Waals surface area contributed by atoms with Gasteiger partial charge in [0.2, 0.25) is 0 Å². The molecule has 1 aromatic heterocycles. The Morgan fingerprint density at radius 1 is 1.31 bits per heavy atom. The van der Waals surface area contributed by atoms with E-state index in [1.54, 1.807) is 0 Å². The van der Waals surface area contributed by atoms with Crippen LogP contribution >= 0.6 is 0 Å². The third kappa shape index (κ3) is 3.34. The van der Waals surface area contributed by atoms with E-state index in [1.165, 1.54) is 19.3 Å². The number of aromatic nitrogens is 2. The molecule has 1 aliphatic rings. The zero-order chi connectivity index (χ0) is 11.4. The predicted octanol–water partition coefficient (Wildman–Crippen LogP) is 2.37. The Kier molecular flexibility index (Phi) is 3.99. The van der Waals surface area contributed by atoms with E-state index in [4.69, 9.17) is 0 Å². The van der Waals surface area contributed by atoms with Crippen molar-refractivity contribution in [2.75, 3.05) is 6.54 Å². The number of nitrogens with zero attached hydrogens (tertiary/aromatic N) is 1. The molecule has 1 aliphatic carbocycles. The van der Waals surface area contributed by atoms with Crippen molar-refractivity contribution in [2.45, 2.75) is 45.6 Å². The van der Waals surface area contributed by atoms with Gasteiger partial charge in [-0.3, -0.25) is 0 Å². The van der Waals surface area contributed by atoms with Gasteiger partial charge in [-0.2, -0.15) is 0 Å². The standard InChI is InChI=1S/C13H23N3/c1-10-7-11(2)9-12(8-10)14-4-3-13-15-5-6-16-13/h5-6,10-12,14H,3-4,7-9H2,1-2H3,(H,15,16). The molecule has 2 atom stereocenters. The van der Waals surface area contributed by atoms with E-state index in [0.717, 1.165) is 30.6 Å². The van der Waals surface area contributed by atoms with Crippen LogP contribution in [0.4, 0.5) is 0 Å². The molecule has 0 radical (unpaired) electrons. The predicted molar refractivity (Wildman–Crippen MR) is 66.3 cm³/mol. The molecule has 16 heavy (non-hydrogen) atoms. The molecular formula is C13H23N3. The van der Waals surface area contributed by atoms with Crippen LogP contribution in [0.1, 0.15) is 38.9 Å². The highest BCUT2D eigenvalue weighted by Crippen LogP contribution is 2.28. The van der Waals surface area contributed by atoms with Crippen LogP contribution in [0.25, 0.3) is 0 Å². The van der Waals surface area contributed by atoms with Gasteiger partial charge in [-0.25, -0.2) is 4.98 Å². The maximum atomic E-state index is 4.23. The zero-order valence-corrected chi connectivity index (χ0v) is 10.4. The Hall–Kier alpha value is -0.830. The molecule has 1 fully saturated rings. The summed E-state index contributed by atoms with van der Waals surface area (Å²) in [7, 11) is 0. The Morgan fingerprint density at radius 3 is 2.69 bits per heavy atom. The molecule has 0 amide bonds. The summed E-state index contributed by atoms with van der Waals surface area (Å²) in [6, 6.07) is 0.716. The van der Waals surface area contributed by atoms with Crippen molar-refractivity contribution < 1.29 is 0 Å². The highest BCUT2D eigenvalue weighted by atomic mass is 14.9. The highest BCUT2D eigenvalue weighted by molar-refractivity contribution is 4.88. The van der Waals surface area contributed by atoms with E-state index in [-0.39, 0.29) is 0 Å². The molecular weight excluding hydrogens is 198 g/mol. The first-order valence-corrected chi connectivity index (χ1v) is 6.45. The van der Waals surface area contributed by atoms with Crippen molar-refractivity contribution in [3.8, 4) is 0 Å². The summed E-state index contributed by atoms with van der Waals surface area (Å²) in [5.74, 6) is 2.85. The number of nitrogens with one attached hydrogen (secondary N) is 2. The summed E-state index contributed by atoms with van der Waals surface area (Å²) < 4.78 is 0. The fourth-order valence-electron chi connectivity index (χ4n) is 2.94. The highest BCUT2D eigenvalue weighted by Gasteiger charge is 2.23. The number of aromatic amines is 1. The molecule has 2 rings (SSSR count). The molecule has 3 heteroatoms. The van der Waals surface area contributed by atoms with Crippen LogP contribution in [0.15, 0.2) is 12.4 Å². The summed E-state index contributed by atoms with van der Waals surface area (Å²) in [5, 5.41) is 3.66. The van der Waals surface area contributed by atoms with Gasteiger partial charge in [0.05, 0.1) is 0 Å². The van der Waals surface area contributed by atoms with Gasteiger partial charge in [0.25, 0.3) is 0 Å². The minimum atomic E-state index is 0.716. The number of rotatable bonds is 4. The zero-order valence-electron chi connectivity index (χ0n) is 10.4. The van der Waals surface area contributed by atoms with Gasteiger partial charge < -0.3 is 10.3 Å². The fraction of sp³-hybridized carbons (Fsp3) is 0.769. The Balaban J connectivity index is 1.69. The number of hydrogen-bond acceptors (Lipinski definition) is 2. The quantitative estimate of drug-likeness (QED) is 0.819. The van der Waals surface area contributed by atoms with Gasteiger partial charge in [0.1, 0.15) is 5.82 Å². The van der Waals surface area contributed by atoms with E-state index in [1.807, 2.05) is 12.4 Å². The molecule has 0 aromatic carbocycles. The van der Waals surface area contributed by atoms with Gasteiger partial charge in [0, 0.05) is 31.4 Å². The second-order valence-electron chi connectivity index (χ2n) is 5.35. The van der Waals surface area contributed by atoms with E-state index < -0.39 is 0 Å². The molecule has 3 nitrogen and oxygen atoms in total. The second kappa shape index (κ2) is 5.48. The van der Waals surface area contributed by atoms with E-state index in [0.29, 0.717) is 6.04 Å². The molecule has 2 N–H and O–H groups in total. The van der Waals surface area contributed by atoms with Crippen molar-refractivity contribution in [3.63, 3.8) is 0 Å². The van der Waals surface area contributed by atoms with Gasteiger partial charge in [-0.1, -0.05) is 13.8 Å². The molecule has 2 unspecified atom stereocenters. The number of H-pyrrole nitrogens is 1. The summed E-state index contributed by atoms with van der Waals surface area (Å²) >= 11 is 0. The van der Waals surface area contributed by atoms with E-state index in [2.05, 4.69) is 29.1 Å². The van der Waals surface area contributed by atoms with Crippen LogP contribution in [0, 0.1) is 11.8 Å². The van der Waals surface area contributed by atoms with Gasteiger partial charge >= 0.3 is 0 Å². The van der Waals surface area contributed by atoms with Crippen molar-refractivity contribution in [1.29, 1.82) is 0 Å². The maximum Gasteiger partial charge on any atom is 0.107 e. The van der Waals surface area contributed by atoms with Crippen molar-refractivity contribution in [3.05, 3.63) is 18.2 Å². The SMILES string of the molecule is CC1CC(C)CC(NCCc2ncc[nH]2)C1. The molecule has 90 valence electrons. The minimum Gasteiger partial charge on any atom is -0.349 e. The largest absolute Gasteiger partial charge is 0.349 e. The van der Waals surface area contributed by atoms with Crippen molar-refractivity contribution in [1.82, 2.24) is 15.3 Å². The van der Waals surface area contributed by atoms with Crippen LogP contribution in [-0.4, -0.2) is 22.6 Å². The lowest BCUT2D eigenvalue weighted by atomic mass is 9.80. The molecule has 1 heterocycles. The topological polar surface area (TPSA) is 40.7 Å². The lowest BCUT2D eigenvalue weighted by molar-refractivity contribution is 0.240. The third-order valence-electron chi connectivity index (χ3n) is 3.53. The summed E-state index contributed by atoms with van der Waals surface area (Å²) in [6.07, 6.45) is 8.79. The average molecular weight is 221 g/mol. The lowest BCUT2D eigenvalue weighted by Crippen LogP contribution is -2.37. The maximum absolute atomic E-state index is 4.23. The molecule has 0 saturated heterocycles. The first-order chi connectivity index (χ1) is 7.74. The number of imidazole rings is 1. The summed E-state index contributed by atoms with van der Waals surface area (Å²) in [5.41, 5.74) is 0. The molecule has 0 aliphatic heterocycles.